The largest absolute Gasteiger partial charge is 0.481 e. The van der Waals surface area contributed by atoms with Crippen molar-refractivity contribution in [1.29, 1.82) is 0 Å². The van der Waals surface area contributed by atoms with Crippen LogP contribution in [0, 0.1) is 5.92 Å². The van der Waals surface area contributed by atoms with Gasteiger partial charge in [-0.15, -0.1) is 0 Å². The Balaban J connectivity index is 2.34. The van der Waals surface area contributed by atoms with Gasteiger partial charge in [-0.05, 0) is 36.1 Å². The number of carbonyl (C=O) groups excluding carboxylic acids is 1. The number of hydrogen-bond acceptors (Lipinski definition) is 3. The van der Waals surface area contributed by atoms with Gasteiger partial charge in [0, 0.05) is 24.7 Å². The molecule has 0 heterocycles. The van der Waals surface area contributed by atoms with E-state index in [0.717, 1.165) is 5.56 Å². The number of rotatable bonds is 7. The highest BCUT2D eigenvalue weighted by molar-refractivity contribution is 5.91. The monoisotopic (exact) mass is 276 g/mol. The van der Waals surface area contributed by atoms with Crippen molar-refractivity contribution in [2.24, 2.45) is 5.92 Å². The SMILES string of the molecule is CC(CCC(=O)O)CNC(=O)/C=C/c1cccc(N)c1. The molecule has 0 aliphatic carbocycles. The summed E-state index contributed by atoms with van der Waals surface area (Å²) in [6.07, 6.45) is 3.80. The highest BCUT2D eigenvalue weighted by atomic mass is 16.4. The van der Waals surface area contributed by atoms with Gasteiger partial charge in [-0.25, -0.2) is 0 Å². The van der Waals surface area contributed by atoms with E-state index in [1.165, 1.54) is 6.08 Å². The van der Waals surface area contributed by atoms with Crippen LogP contribution in [0.5, 0.6) is 0 Å². The zero-order chi connectivity index (χ0) is 15.0. The van der Waals surface area contributed by atoms with Crippen LogP contribution in [-0.4, -0.2) is 23.5 Å². The Labute approximate surface area is 118 Å². The number of hydrogen-bond donors (Lipinski definition) is 3. The zero-order valence-corrected chi connectivity index (χ0v) is 11.5. The lowest BCUT2D eigenvalue weighted by Gasteiger charge is -2.09. The summed E-state index contributed by atoms with van der Waals surface area (Å²) in [5.74, 6) is -0.879. The lowest BCUT2D eigenvalue weighted by Crippen LogP contribution is -2.26. The first kappa shape index (κ1) is 15.8. The molecule has 0 bridgehead atoms. The maximum Gasteiger partial charge on any atom is 0.303 e. The molecule has 0 aliphatic rings. The molecule has 1 rings (SSSR count). The van der Waals surface area contributed by atoms with Gasteiger partial charge in [0.15, 0.2) is 0 Å². The number of nitrogens with one attached hydrogen (secondary N) is 1. The van der Waals surface area contributed by atoms with Crippen LogP contribution < -0.4 is 11.1 Å². The summed E-state index contributed by atoms with van der Waals surface area (Å²) < 4.78 is 0. The van der Waals surface area contributed by atoms with E-state index in [1.54, 1.807) is 18.2 Å². The number of carboxylic acids is 1. The third kappa shape index (κ3) is 6.58. The summed E-state index contributed by atoms with van der Waals surface area (Å²) in [6.45, 7) is 2.37. The Kier molecular flexibility index (Phi) is 6.29. The smallest absolute Gasteiger partial charge is 0.303 e. The van der Waals surface area contributed by atoms with E-state index in [9.17, 15) is 9.59 Å². The van der Waals surface area contributed by atoms with E-state index in [0.29, 0.717) is 18.7 Å². The molecule has 1 amide bonds. The molecule has 5 heteroatoms. The highest BCUT2D eigenvalue weighted by Gasteiger charge is 2.06. The first-order valence-corrected chi connectivity index (χ1v) is 6.50. The van der Waals surface area contributed by atoms with Crippen LogP contribution in [0.4, 0.5) is 5.69 Å². The average Bonchev–Trinajstić information content (AvgIpc) is 2.40. The lowest BCUT2D eigenvalue weighted by atomic mass is 10.1. The summed E-state index contributed by atoms with van der Waals surface area (Å²) >= 11 is 0. The second kappa shape index (κ2) is 7.99. The van der Waals surface area contributed by atoms with E-state index < -0.39 is 5.97 Å². The van der Waals surface area contributed by atoms with Gasteiger partial charge in [-0.3, -0.25) is 9.59 Å². The standard InChI is InChI=1S/C15H20N2O3/c1-11(5-8-15(19)20)10-17-14(18)7-6-12-3-2-4-13(16)9-12/h2-4,6-7,9,11H,5,8,10,16H2,1H3,(H,17,18)(H,19,20)/b7-6+. The Morgan fingerprint density at radius 2 is 2.20 bits per heavy atom. The molecule has 20 heavy (non-hydrogen) atoms. The fraction of sp³-hybridized carbons (Fsp3) is 0.333. The fourth-order valence-electron chi connectivity index (χ4n) is 1.64. The maximum atomic E-state index is 11.6. The van der Waals surface area contributed by atoms with Gasteiger partial charge in [-0.1, -0.05) is 19.1 Å². The first-order chi connectivity index (χ1) is 9.47. The Morgan fingerprint density at radius 3 is 2.85 bits per heavy atom. The summed E-state index contributed by atoms with van der Waals surface area (Å²) in [6, 6.07) is 7.23. The molecule has 5 nitrogen and oxygen atoms in total. The number of nitrogen functional groups attached to an aromatic ring is 1. The van der Waals surface area contributed by atoms with Crippen LogP contribution in [0.25, 0.3) is 6.08 Å². The topological polar surface area (TPSA) is 92.4 Å². The van der Waals surface area contributed by atoms with E-state index >= 15 is 0 Å². The number of carbonyl (C=O) groups is 2. The second-order valence-electron chi connectivity index (χ2n) is 4.79. The molecule has 0 radical (unpaired) electrons. The molecule has 0 saturated heterocycles. The fourth-order valence-corrected chi connectivity index (χ4v) is 1.64. The van der Waals surface area contributed by atoms with Crippen molar-refractivity contribution >= 4 is 23.6 Å². The highest BCUT2D eigenvalue weighted by Crippen LogP contribution is 2.08. The van der Waals surface area contributed by atoms with Gasteiger partial charge in [0.1, 0.15) is 0 Å². The molecule has 0 saturated carbocycles. The van der Waals surface area contributed by atoms with Gasteiger partial charge in [0.2, 0.25) is 5.91 Å². The van der Waals surface area contributed by atoms with Crippen LogP contribution in [0.15, 0.2) is 30.3 Å². The van der Waals surface area contributed by atoms with E-state index in [1.807, 2.05) is 19.1 Å². The zero-order valence-electron chi connectivity index (χ0n) is 11.5. The van der Waals surface area contributed by atoms with Gasteiger partial charge in [0.25, 0.3) is 0 Å². The molecule has 1 atom stereocenters. The van der Waals surface area contributed by atoms with Crippen molar-refractivity contribution in [2.75, 3.05) is 12.3 Å². The predicted octanol–water partition coefficient (Wildman–Crippen LogP) is 1.90. The number of carboxylic acid groups (broad SMARTS) is 1. The molecule has 0 aromatic heterocycles. The molecule has 0 spiro atoms. The van der Waals surface area contributed by atoms with Gasteiger partial charge in [0.05, 0.1) is 0 Å². The van der Waals surface area contributed by atoms with Crippen LogP contribution >= 0.6 is 0 Å². The van der Waals surface area contributed by atoms with E-state index in [-0.39, 0.29) is 18.2 Å². The lowest BCUT2D eigenvalue weighted by molar-refractivity contribution is -0.137. The third-order valence-corrected chi connectivity index (χ3v) is 2.81. The molecule has 0 aliphatic heterocycles. The van der Waals surface area contributed by atoms with Gasteiger partial charge in [-0.2, -0.15) is 0 Å². The van der Waals surface area contributed by atoms with Crippen LogP contribution in [-0.2, 0) is 9.59 Å². The minimum Gasteiger partial charge on any atom is -0.481 e. The van der Waals surface area contributed by atoms with Crippen LogP contribution in [0.2, 0.25) is 0 Å². The normalized spacial score (nSPS) is 12.2. The molecular weight excluding hydrogens is 256 g/mol. The van der Waals surface area contributed by atoms with Crippen molar-refractivity contribution in [1.82, 2.24) is 5.32 Å². The first-order valence-electron chi connectivity index (χ1n) is 6.50. The summed E-state index contributed by atoms with van der Waals surface area (Å²) in [5, 5.41) is 11.3. The Bertz CT molecular complexity index is 498. The van der Waals surface area contributed by atoms with Crippen molar-refractivity contribution in [3.8, 4) is 0 Å². The minimum atomic E-state index is -0.815. The number of amides is 1. The number of nitrogens with two attached hydrogens (primary N) is 1. The summed E-state index contributed by atoms with van der Waals surface area (Å²) in [7, 11) is 0. The Hall–Kier alpha value is -2.30. The molecule has 1 aromatic rings. The molecular formula is C15H20N2O3. The molecule has 1 unspecified atom stereocenters. The average molecular weight is 276 g/mol. The maximum absolute atomic E-state index is 11.6. The quantitative estimate of drug-likeness (QED) is 0.524. The predicted molar refractivity (Wildman–Crippen MR) is 78.9 cm³/mol. The molecule has 108 valence electrons. The van der Waals surface area contributed by atoms with Gasteiger partial charge >= 0.3 is 5.97 Å². The minimum absolute atomic E-state index is 0.121. The van der Waals surface area contributed by atoms with Crippen molar-refractivity contribution in [3.05, 3.63) is 35.9 Å². The van der Waals surface area contributed by atoms with Gasteiger partial charge < -0.3 is 16.2 Å². The van der Waals surface area contributed by atoms with E-state index in [2.05, 4.69) is 5.32 Å². The van der Waals surface area contributed by atoms with Crippen molar-refractivity contribution in [2.45, 2.75) is 19.8 Å². The molecule has 4 N–H and O–H groups in total. The van der Waals surface area contributed by atoms with Crippen LogP contribution in [0.3, 0.4) is 0 Å². The third-order valence-electron chi connectivity index (χ3n) is 2.81. The molecule has 0 fully saturated rings. The summed E-state index contributed by atoms with van der Waals surface area (Å²) in [5.41, 5.74) is 7.15. The van der Waals surface area contributed by atoms with E-state index in [4.69, 9.17) is 10.8 Å². The number of aliphatic carboxylic acids is 1. The number of anilines is 1. The molecule has 1 aromatic carbocycles. The Morgan fingerprint density at radius 1 is 1.45 bits per heavy atom. The second-order valence-corrected chi connectivity index (χ2v) is 4.79. The van der Waals surface area contributed by atoms with Crippen molar-refractivity contribution < 1.29 is 14.7 Å². The number of benzene rings is 1. The van der Waals surface area contributed by atoms with Crippen molar-refractivity contribution in [3.63, 3.8) is 0 Å². The summed E-state index contributed by atoms with van der Waals surface area (Å²) in [4.78, 5) is 22.0. The van der Waals surface area contributed by atoms with Crippen LogP contribution in [0.1, 0.15) is 25.3 Å².